The number of hydrogen-bond acceptors (Lipinski definition) is 2. The SMILES string of the molecule is CCNC(Cc1cncc(Br)c1)c1ccc(F)c(Br)c1. The minimum atomic E-state index is -0.242. The summed E-state index contributed by atoms with van der Waals surface area (Å²) in [4.78, 5) is 4.18. The van der Waals surface area contributed by atoms with Crippen LogP contribution in [0.2, 0.25) is 0 Å². The van der Waals surface area contributed by atoms with Gasteiger partial charge in [-0.3, -0.25) is 4.98 Å². The third kappa shape index (κ3) is 4.11. The second-order valence-electron chi connectivity index (χ2n) is 4.50. The lowest BCUT2D eigenvalue weighted by Crippen LogP contribution is -2.23. The molecular weight excluding hydrogens is 387 g/mol. The highest BCUT2D eigenvalue weighted by Gasteiger charge is 2.13. The lowest BCUT2D eigenvalue weighted by molar-refractivity contribution is 0.546. The lowest BCUT2D eigenvalue weighted by Gasteiger charge is -2.19. The van der Waals surface area contributed by atoms with Crippen LogP contribution >= 0.6 is 31.9 Å². The van der Waals surface area contributed by atoms with Crippen molar-refractivity contribution < 1.29 is 4.39 Å². The van der Waals surface area contributed by atoms with Crippen molar-refractivity contribution in [1.29, 1.82) is 0 Å². The van der Waals surface area contributed by atoms with Crippen LogP contribution < -0.4 is 5.32 Å². The van der Waals surface area contributed by atoms with Crippen molar-refractivity contribution in [1.82, 2.24) is 10.3 Å². The van der Waals surface area contributed by atoms with Crippen LogP contribution in [0.3, 0.4) is 0 Å². The molecule has 0 aliphatic rings. The van der Waals surface area contributed by atoms with Crippen LogP contribution in [-0.2, 0) is 6.42 Å². The summed E-state index contributed by atoms with van der Waals surface area (Å²) >= 11 is 6.67. The van der Waals surface area contributed by atoms with E-state index < -0.39 is 0 Å². The van der Waals surface area contributed by atoms with Gasteiger partial charge in [-0.05, 0) is 74.2 Å². The third-order valence-electron chi connectivity index (χ3n) is 3.00. The van der Waals surface area contributed by atoms with E-state index >= 15 is 0 Å². The Balaban J connectivity index is 2.24. The standard InChI is InChI=1S/C15H15Br2FN2/c1-2-20-15(6-10-5-12(16)9-19-8-10)11-3-4-14(18)13(17)7-11/h3-5,7-9,15,20H,2,6H2,1H3. The topological polar surface area (TPSA) is 24.9 Å². The molecule has 0 saturated carbocycles. The van der Waals surface area contributed by atoms with Crippen LogP contribution in [0, 0.1) is 5.82 Å². The first-order valence-corrected chi connectivity index (χ1v) is 7.96. The number of hydrogen-bond donors (Lipinski definition) is 1. The molecule has 0 saturated heterocycles. The Kier molecular flexibility index (Phi) is 5.69. The molecule has 0 bridgehead atoms. The maximum atomic E-state index is 13.3. The van der Waals surface area contributed by atoms with Crippen LogP contribution in [-0.4, -0.2) is 11.5 Å². The molecule has 1 N–H and O–H groups in total. The summed E-state index contributed by atoms with van der Waals surface area (Å²) in [6.07, 6.45) is 4.42. The maximum Gasteiger partial charge on any atom is 0.137 e. The zero-order valence-electron chi connectivity index (χ0n) is 11.0. The van der Waals surface area contributed by atoms with Gasteiger partial charge >= 0.3 is 0 Å². The fourth-order valence-corrected chi connectivity index (χ4v) is 2.90. The van der Waals surface area contributed by atoms with E-state index in [0.717, 1.165) is 28.6 Å². The van der Waals surface area contributed by atoms with Gasteiger partial charge in [-0.1, -0.05) is 13.0 Å². The largest absolute Gasteiger partial charge is 0.310 e. The highest BCUT2D eigenvalue weighted by Crippen LogP contribution is 2.24. The van der Waals surface area contributed by atoms with Crippen LogP contribution in [0.5, 0.6) is 0 Å². The van der Waals surface area contributed by atoms with E-state index in [1.165, 1.54) is 6.07 Å². The fraction of sp³-hybridized carbons (Fsp3) is 0.267. The second kappa shape index (κ2) is 7.29. The van der Waals surface area contributed by atoms with Gasteiger partial charge in [0.15, 0.2) is 0 Å². The lowest BCUT2D eigenvalue weighted by atomic mass is 10.00. The monoisotopic (exact) mass is 400 g/mol. The van der Waals surface area contributed by atoms with Crippen molar-refractivity contribution in [2.24, 2.45) is 0 Å². The van der Waals surface area contributed by atoms with Crippen LogP contribution in [0.25, 0.3) is 0 Å². The number of halogens is 3. The van der Waals surface area contributed by atoms with Gasteiger partial charge in [0, 0.05) is 22.9 Å². The molecule has 1 unspecified atom stereocenters. The Labute approximate surface area is 135 Å². The molecule has 1 aromatic heterocycles. The van der Waals surface area contributed by atoms with E-state index in [9.17, 15) is 4.39 Å². The molecule has 1 aromatic carbocycles. The minimum Gasteiger partial charge on any atom is -0.310 e. The van der Waals surface area contributed by atoms with Crippen molar-refractivity contribution in [3.05, 3.63) is 62.5 Å². The predicted octanol–water partition coefficient (Wildman–Crippen LogP) is 4.64. The molecule has 2 rings (SSSR count). The number of benzene rings is 1. The number of pyridine rings is 1. The molecular formula is C15H15Br2FN2. The number of aromatic nitrogens is 1. The normalized spacial score (nSPS) is 12.4. The second-order valence-corrected chi connectivity index (χ2v) is 6.27. The zero-order valence-corrected chi connectivity index (χ0v) is 14.2. The molecule has 0 spiro atoms. The summed E-state index contributed by atoms with van der Waals surface area (Å²) in [5.41, 5.74) is 2.19. The highest BCUT2D eigenvalue weighted by molar-refractivity contribution is 9.10. The van der Waals surface area contributed by atoms with E-state index in [1.54, 1.807) is 6.20 Å². The van der Waals surface area contributed by atoms with E-state index in [4.69, 9.17) is 0 Å². The maximum absolute atomic E-state index is 13.3. The van der Waals surface area contributed by atoms with Gasteiger partial charge in [-0.2, -0.15) is 0 Å². The molecule has 0 radical (unpaired) electrons. The number of rotatable bonds is 5. The van der Waals surface area contributed by atoms with Crippen molar-refractivity contribution in [3.63, 3.8) is 0 Å². The van der Waals surface area contributed by atoms with Crippen molar-refractivity contribution >= 4 is 31.9 Å². The number of nitrogens with zero attached hydrogens (tertiary/aromatic N) is 1. The molecule has 106 valence electrons. The molecule has 0 amide bonds. The molecule has 5 heteroatoms. The van der Waals surface area contributed by atoms with Gasteiger partial charge in [-0.25, -0.2) is 4.39 Å². The first kappa shape index (κ1) is 15.6. The summed E-state index contributed by atoms with van der Waals surface area (Å²) in [5, 5.41) is 3.43. The number of likely N-dealkylation sites (N-methyl/N-ethyl adjacent to an activating group) is 1. The first-order chi connectivity index (χ1) is 9.60. The summed E-state index contributed by atoms with van der Waals surface area (Å²) in [6.45, 7) is 2.91. The van der Waals surface area contributed by atoms with Crippen molar-refractivity contribution in [3.8, 4) is 0 Å². The Morgan fingerprint density at radius 3 is 2.70 bits per heavy atom. The minimum absolute atomic E-state index is 0.132. The molecule has 2 nitrogen and oxygen atoms in total. The highest BCUT2D eigenvalue weighted by atomic mass is 79.9. The van der Waals surface area contributed by atoms with Gasteiger partial charge in [0.25, 0.3) is 0 Å². The Morgan fingerprint density at radius 1 is 1.25 bits per heavy atom. The average molecular weight is 402 g/mol. The summed E-state index contributed by atoms with van der Waals surface area (Å²) in [7, 11) is 0. The molecule has 0 aliphatic heterocycles. The zero-order chi connectivity index (χ0) is 14.5. The van der Waals surface area contributed by atoms with E-state index in [-0.39, 0.29) is 11.9 Å². The molecule has 2 aromatic rings. The molecule has 0 fully saturated rings. The van der Waals surface area contributed by atoms with Gasteiger partial charge in [0.1, 0.15) is 5.82 Å². The van der Waals surface area contributed by atoms with Crippen LogP contribution in [0.1, 0.15) is 24.1 Å². The van der Waals surface area contributed by atoms with Gasteiger partial charge < -0.3 is 5.32 Å². The van der Waals surface area contributed by atoms with E-state index in [2.05, 4.69) is 55.2 Å². The number of nitrogens with one attached hydrogen (secondary N) is 1. The smallest absolute Gasteiger partial charge is 0.137 e. The van der Waals surface area contributed by atoms with Crippen LogP contribution in [0.4, 0.5) is 4.39 Å². The van der Waals surface area contributed by atoms with Crippen molar-refractivity contribution in [2.75, 3.05) is 6.54 Å². The van der Waals surface area contributed by atoms with Crippen LogP contribution in [0.15, 0.2) is 45.6 Å². The van der Waals surface area contributed by atoms with E-state index in [0.29, 0.717) is 4.47 Å². The Morgan fingerprint density at radius 2 is 2.05 bits per heavy atom. The fourth-order valence-electron chi connectivity index (χ4n) is 2.09. The van der Waals surface area contributed by atoms with Gasteiger partial charge in [0.2, 0.25) is 0 Å². The Bertz CT molecular complexity index is 590. The Hall–Kier alpha value is -0.780. The third-order valence-corrected chi connectivity index (χ3v) is 4.04. The molecule has 1 atom stereocenters. The first-order valence-electron chi connectivity index (χ1n) is 6.38. The molecule has 1 heterocycles. The molecule has 0 aliphatic carbocycles. The van der Waals surface area contributed by atoms with Gasteiger partial charge in [-0.15, -0.1) is 0 Å². The molecule has 20 heavy (non-hydrogen) atoms. The van der Waals surface area contributed by atoms with Crippen molar-refractivity contribution in [2.45, 2.75) is 19.4 Å². The van der Waals surface area contributed by atoms with E-state index in [1.807, 2.05) is 18.3 Å². The van der Waals surface area contributed by atoms with Gasteiger partial charge in [0.05, 0.1) is 4.47 Å². The average Bonchev–Trinajstić information content (AvgIpc) is 2.41. The summed E-state index contributed by atoms with van der Waals surface area (Å²) in [5.74, 6) is -0.242. The summed E-state index contributed by atoms with van der Waals surface area (Å²) in [6, 6.07) is 7.32. The quantitative estimate of drug-likeness (QED) is 0.789. The summed E-state index contributed by atoms with van der Waals surface area (Å²) < 4.78 is 14.8. The predicted molar refractivity (Wildman–Crippen MR) is 86.2 cm³/mol.